The van der Waals surface area contributed by atoms with Crippen LogP contribution in [-0.2, 0) is 27.4 Å². The largest absolute Gasteiger partial charge is 0.451 e. The lowest BCUT2D eigenvalue weighted by Crippen LogP contribution is -2.45. The molecule has 3 N–H and O–H groups in total. The molecule has 0 spiro atoms. The van der Waals surface area contributed by atoms with Crippen molar-refractivity contribution in [1.29, 1.82) is 0 Å². The number of imide groups is 1. The van der Waals surface area contributed by atoms with Gasteiger partial charge in [-0.25, -0.2) is 9.48 Å². The third-order valence-electron chi connectivity index (χ3n) is 4.38. The summed E-state index contributed by atoms with van der Waals surface area (Å²) >= 11 is 0. The number of benzene rings is 2. The molecule has 0 fully saturated rings. The predicted molar refractivity (Wildman–Crippen MR) is 111 cm³/mol. The molecule has 3 amide bonds. The van der Waals surface area contributed by atoms with Crippen LogP contribution in [0, 0.1) is 0 Å². The van der Waals surface area contributed by atoms with Crippen LogP contribution in [0.4, 0.5) is 4.79 Å². The van der Waals surface area contributed by atoms with Gasteiger partial charge in [-0.2, -0.15) is 0 Å². The number of aromatic nitrogens is 2. The zero-order valence-corrected chi connectivity index (χ0v) is 16.6. The minimum atomic E-state index is -1.29. The molecule has 1 heterocycles. The fraction of sp³-hybridized carbons (Fsp3) is 0.190. The van der Waals surface area contributed by atoms with Crippen LogP contribution in [0.3, 0.4) is 0 Å². The Morgan fingerprint density at radius 2 is 1.65 bits per heavy atom. The van der Waals surface area contributed by atoms with Gasteiger partial charge in [0.15, 0.2) is 6.10 Å². The lowest BCUT2D eigenvalue weighted by atomic mass is 10.2. The average Bonchev–Trinajstić information content (AvgIpc) is 2.76. The maximum atomic E-state index is 12.4. The summed E-state index contributed by atoms with van der Waals surface area (Å²) in [6.07, 6.45) is -1.29. The fourth-order valence-corrected chi connectivity index (χ4v) is 2.81. The molecule has 0 saturated carbocycles. The van der Waals surface area contributed by atoms with Crippen molar-refractivity contribution < 1.29 is 19.1 Å². The van der Waals surface area contributed by atoms with E-state index in [1.165, 1.54) is 19.1 Å². The molecule has 31 heavy (non-hydrogen) atoms. The summed E-state index contributed by atoms with van der Waals surface area (Å²) in [6.45, 7) is 0.896. The molecule has 0 bridgehead atoms. The molecule has 0 aliphatic carbocycles. The van der Waals surface area contributed by atoms with E-state index in [0.717, 1.165) is 10.2 Å². The highest BCUT2D eigenvalue weighted by Crippen LogP contribution is 2.03. The molecule has 0 radical (unpaired) electrons. The molecule has 0 aliphatic heterocycles. The number of rotatable bonds is 6. The number of hydrogen-bond acceptors (Lipinski definition) is 6. The van der Waals surface area contributed by atoms with E-state index in [4.69, 9.17) is 4.74 Å². The van der Waals surface area contributed by atoms with E-state index in [1.807, 2.05) is 30.3 Å². The monoisotopic (exact) mass is 424 g/mol. The maximum absolute atomic E-state index is 12.4. The zero-order chi connectivity index (χ0) is 22.4. The number of ether oxygens (including phenoxy) is 1. The zero-order valence-electron chi connectivity index (χ0n) is 16.6. The summed E-state index contributed by atoms with van der Waals surface area (Å²) in [4.78, 5) is 60.6. The minimum absolute atomic E-state index is 0.153. The highest BCUT2D eigenvalue weighted by molar-refractivity contribution is 5.97. The summed E-state index contributed by atoms with van der Waals surface area (Å²) in [6, 6.07) is 14.5. The van der Waals surface area contributed by atoms with E-state index < -0.39 is 41.7 Å². The number of fused-ring (bicyclic) bond motifs is 1. The Hall–Kier alpha value is -4.21. The van der Waals surface area contributed by atoms with Crippen molar-refractivity contribution in [2.45, 2.75) is 26.1 Å². The van der Waals surface area contributed by atoms with E-state index in [9.17, 15) is 24.0 Å². The maximum Gasteiger partial charge on any atom is 0.328 e. The molecule has 10 heteroatoms. The molecule has 3 rings (SSSR count). The number of carbonyl (C=O) groups is 3. The minimum Gasteiger partial charge on any atom is -0.451 e. The molecule has 10 nitrogen and oxygen atoms in total. The summed E-state index contributed by atoms with van der Waals surface area (Å²) in [5.74, 6) is -1.77. The quantitative estimate of drug-likeness (QED) is 0.497. The van der Waals surface area contributed by atoms with Gasteiger partial charge in [-0.3, -0.25) is 29.6 Å². The molecule has 1 atom stereocenters. The van der Waals surface area contributed by atoms with E-state index >= 15 is 0 Å². The van der Waals surface area contributed by atoms with Gasteiger partial charge in [0, 0.05) is 6.54 Å². The number of carbonyl (C=O) groups excluding carboxylic acids is 3. The van der Waals surface area contributed by atoms with Crippen LogP contribution in [0.2, 0.25) is 0 Å². The van der Waals surface area contributed by atoms with Crippen molar-refractivity contribution in [3.63, 3.8) is 0 Å². The Kier molecular flexibility index (Phi) is 6.61. The van der Waals surface area contributed by atoms with Crippen LogP contribution < -0.4 is 21.8 Å². The van der Waals surface area contributed by atoms with Gasteiger partial charge in [0.1, 0.15) is 6.54 Å². The topological polar surface area (TPSA) is 139 Å². The molecule has 160 valence electrons. The van der Waals surface area contributed by atoms with Crippen LogP contribution in [-0.4, -0.2) is 33.8 Å². The van der Waals surface area contributed by atoms with E-state index in [-0.39, 0.29) is 17.3 Å². The third-order valence-corrected chi connectivity index (χ3v) is 4.38. The summed E-state index contributed by atoms with van der Waals surface area (Å²) < 4.78 is 5.78. The Bertz CT molecular complexity index is 1230. The SMILES string of the molecule is CC(OC(=O)Cn1[nH]c(=O)c2ccccc2c1=O)C(=O)NC(=O)NCc1ccccc1. The summed E-state index contributed by atoms with van der Waals surface area (Å²) in [7, 11) is 0. The summed E-state index contributed by atoms with van der Waals surface area (Å²) in [5, 5.41) is 7.24. The predicted octanol–water partition coefficient (Wildman–Crippen LogP) is 0.648. The van der Waals surface area contributed by atoms with Crippen LogP contribution in [0.1, 0.15) is 12.5 Å². The van der Waals surface area contributed by atoms with Crippen molar-refractivity contribution in [1.82, 2.24) is 20.4 Å². The lowest BCUT2D eigenvalue weighted by molar-refractivity contribution is -0.155. The first kappa shape index (κ1) is 21.5. The van der Waals surface area contributed by atoms with Crippen LogP contribution in [0.25, 0.3) is 10.8 Å². The number of nitrogens with one attached hydrogen (secondary N) is 3. The fourth-order valence-electron chi connectivity index (χ4n) is 2.81. The van der Waals surface area contributed by atoms with Gasteiger partial charge < -0.3 is 10.1 Å². The van der Waals surface area contributed by atoms with E-state index in [1.54, 1.807) is 12.1 Å². The highest BCUT2D eigenvalue weighted by Gasteiger charge is 2.21. The Morgan fingerprint density at radius 1 is 1.00 bits per heavy atom. The second-order valence-corrected chi connectivity index (χ2v) is 6.67. The standard InChI is InChI=1S/C21H20N4O6/c1-13(18(27)23-21(30)22-11-14-7-3-2-4-8-14)31-17(26)12-25-20(29)16-10-6-5-9-15(16)19(28)24-25/h2-10,13H,11-12H2,1H3,(H,24,28)(H2,22,23,27,30). The van der Waals surface area contributed by atoms with E-state index in [2.05, 4.69) is 15.7 Å². The number of aromatic amines is 1. The molecule has 3 aromatic rings. The number of H-pyrrole nitrogens is 1. The van der Waals surface area contributed by atoms with Gasteiger partial charge >= 0.3 is 12.0 Å². The second kappa shape index (κ2) is 9.53. The van der Waals surface area contributed by atoms with Crippen molar-refractivity contribution in [2.75, 3.05) is 0 Å². The molecule has 0 saturated heterocycles. The number of hydrogen-bond donors (Lipinski definition) is 3. The van der Waals surface area contributed by atoms with Gasteiger partial charge in [-0.05, 0) is 24.6 Å². The molecule has 0 aliphatic rings. The third kappa shape index (κ3) is 5.44. The molecular weight excluding hydrogens is 404 g/mol. The summed E-state index contributed by atoms with van der Waals surface area (Å²) in [5.41, 5.74) is -0.271. The van der Waals surface area contributed by atoms with Crippen molar-refractivity contribution >= 4 is 28.7 Å². The molecule has 1 unspecified atom stereocenters. The van der Waals surface area contributed by atoms with Gasteiger partial charge in [0.05, 0.1) is 10.8 Å². The first-order valence-electron chi connectivity index (χ1n) is 9.39. The first-order valence-corrected chi connectivity index (χ1v) is 9.39. The Morgan fingerprint density at radius 3 is 2.35 bits per heavy atom. The van der Waals surface area contributed by atoms with Gasteiger partial charge in [0.2, 0.25) is 0 Å². The van der Waals surface area contributed by atoms with Crippen molar-refractivity contribution in [3.05, 3.63) is 80.9 Å². The smallest absolute Gasteiger partial charge is 0.328 e. The highest BCUT2D eigenvalue weighted by atomic mass is 16.5. The van der Waals surface area contributed by atoms with E-state index in [0.29, 0.717) is 0 Å². The number of amides is 3. The van der Waals surface area contributed by atoms with Gasteiger partial charge in [-0.15, -0.1) is 0 Å². The Labute approximate surface area is 175 Å². The van der Waals surface area contributed by atoms with Crippen LogP contribution >= 0.6 is 0 Å². The first-order chi connectivity index (χ1) is 14.8. The van der Waals surface area contributed by atoms with Crippen LogP contribution in [0.15, 0.2) is 64.2 Å². The van der Waals surface area contributed by atoms with Gasteiger partial charge in [-0.1, -0.05) is 42.5 Å². The second-order valence-electron chi connectivity index (χ2n) is 6.67. The average molecular weight is 424 g/mol. The molecule has 1 aromatic heterocycles. The molecule has 2 aromatic carbocycles. The lowest BCUT2D eigenvalue weighted by Gasteiger charge is -2.14. The molecular formula is C21H20N4O6. The number of esters is 1. The number of nitrogens with zero attached hydrogens (tertiary/aromatic N) is 1. The van der Waals surface area contributed by atoms with Crippen molar-refractivity contribution in [3.8, 4) is 0 Å². The number of urea groups is 1. The van der Waals surface area contributed by atoms with Gasteiger partial charge in [0.25, 0.3) is 17.0 Å². The normalized spacial score (nSPS) is 11.5. The van der Waals surface area contributed by atoms with Crippen molar-refractivity contribution in [2.24, 2.45) is 0 Å². The Balaban J connectivity index is 1.55. The van der Waals surface area contributed by atoms with Crippen LogP contribution in [0.5, 0.6) is 0 Å².